The van der Waals surface area contributed by atoms with Gasteiger partial charge in [-0.25, -0.2) is 4.98 Å². The Morgan fingerprint density at radius 2 is 1.84 bits per heavy atom. The van der Waals surface area contributed by atoms with Crippen LogP contribution < -0.4 is 5.32 Å². The van der Waals surface area contributed by atoms with Crippen molar-refractivity contribution >= 4 is 63.3 Å². The molecule has 0 aliphatic carbocycles. The van der Waals surface area contributed by atoms with Gasteiger partial charge >= 0.3 is 0 Å². The number of aromatic amines is 1. The summed E-state index contributed by atoms with van der Waals surface area (Å²) in [6, 6.07) is 13.4. The van der Waals surface area contributed by atoms with Crippen molar-refractivity contribution in [3.8, 4) is 11.3 Å². The molecule has 0 saturated carbocycles. The van der Waals surface area contributed by atoms with Gasteiger partial charge in [0, 0.05) is 28.4 Å². The van der Waals surface area contributed by atoms with Crippen LogP contribution in [0, 0.1) is 6.92 Å². The second-order valence-corrected chi connectivity index (χ2v) is 8.76. The molecule has 168 valence electrons. The minimum Gasteiger partial charge on any atom is -0.353 e. The van der Waals surface area contributed by atoms with Crippen LogP contribution in [0.15, 0.2) is 42.5 Å². The predicted octanol–water partition coefficient (Wildman–Crippen LogP) is 6.10. The second kappa shape index (κ2) is 10.1. The minimum absolute atomic E-state index is 0. The zero-order valence-corrected chi connectivity index (χ0v) is 20.5. The van der Waals surface area contributed by atoms with E-state index in [1.807, 2.05) is 32.3 Å². The summed E-state index contributed by atoms with van der Waals surface area (Å²) in [5, 5.41) is 5.91. The molecule has 0 aliphatic rings. The van der Waals surface area contributed by atoms with Gasteiger partial charge in [0.25, 0.3) is 5.91 Å². The number of amides is 1. The number of para-hydroxylation sites is 1. The average Bonchev–Trinajstić information content (AvgIpc) is 3.12. The van der Waals surface area contributed by atoms with Gasteiger partial charge in [0.05, 0.1) is 21.3 Å². The fourth-order valence-corrected chi connectivity index (χ4v) is 4.02. The van der Waals surface area contributed by atoms with Gasteiger partial charge in [0.1, 0.15) is 5.69 Å². The van der Waals surface area contributed by atoms with Crippen LogP contribution in [0.5, 0.6) is 0 Å². The zero-order chi connectivity index (χ0) is 22.1. The number of H-pyrrole nitrogens is 1. The van der Waals surface area contributed by atoms with Crippen molar-refractivity contribution in [2.24, 2.45) is 0 Å². The molecule has 2 aromatic heterocycles. The average molecular weight is 492 g/mol. The quantitative estimate of drug-likeness (QED) is 0.320. The van der Waals surface area contributed by atoms with Gasteiger partial charge in [-0.05, 0) is 57.7 Å². The molecule has 0 bridgehead atoms. The van der Waals surface area contributed by atoms with Crippen molar-refractivity contribution in [3.05, 3.63) is 63.8 Å². The number of fused-ring (bicyclic) bond motifs is 3. The highest BCUT2D eigenvalue weighted by atomic mass is 35.5. The number of halogens is 3. The number of pyridine rings is 1. The van der Waals surface area contributed by atoms with Gasteiger partial charge in [-0.3, -0.25) is 4.79 Å². The molecule has 8 heteroatoms. The van der Waals surface area contributed by atoms with E-state index < -0.39 is 0 Å². The van der Waals surface area contributed by atoms with Crippen molar-refractivity contribution in [2.45, 2.75) is 13.3 Å². The van der Waals surface area contributed by atoms with Crippen LogP contribution in [0.4, 0.5) is 0 Å². The fraction of sp³-hybridized carbons (Fsp3) is 0.250. The normalized spacial score (nSPS) is 11.2. The number of aromatic nitrogens is 2. The van der Waals surface area contributed by atoms with E-state index in [0.29, 0.717) is 28.0 Å². The van der Waals surface area contributed by atoms with E-state index in [0.717, 1.165) is 45.9 Å². The largest absolute Gasteiger partial charge is 0.353 e. The van der Waals surface area contributed by atoms with E-state index >= 15 is 0 Å². The molecule has 5 nitrogen and oxygen atoms in total. The van der Waals surface area contributed by atoms with Gasteiger partial charge < -0.3 is 15.2 Å². The molecule has 4 aromatic rings. The highest BCUT2D eigenvalue weighted by Gasteiger charge is 2.18. The number of hydrogen-bond acceptors (Lipinski definition) is 3. The first-order valence-electron chi connectivity index (χ1n) is 10.2. The molecule has 2 heterocycles. The van der Waals surface area contributed by atoms with E-state index in [2.05, 4.69) is 34.3 Å². The highest BCUT2D eigenvalue weighted by molar-refractivity contribution is 6.42. The standard InChI is InChI=1S/C24H24Cl2N4O.ClH/c1-14-6-4-7-16-17-13-20(24(31)27-10-5-11-30(2)3)28-22(23(17)29-21(14)16)15-8-9-18(25)19(26)12-15;/h4,6-9,12-13,29H,5,10-11H2,1-3H3,(H,27,31);1H. The third kappa shape index (κ3) is 4.86. The van der Waals surface area contributed by atoms with Crippen LogP contribution in [0.25, 0.3) is 33.1 Å². The molecule has 0 aliphatic heterocycles. The number of carbonyl (C=O) groups is 1. The van der Waals surface area contributed by atoms with Crippen molar-refractivity contribution in [1.29, 1.82) is 0 Å². The lowest BCUT2D eigenvalue weighted by molar-refractivity contribution is 0.0947. The van der Waals surface area contributed by atoms with Crippen LogP contribution in [0.3, 0.4) is 0 Å². The Bertz CT molecular complexity index is 1280. The summed E-state index contributed by atoms with van der Waals surface area (Å²) >= 11 is 12.4. The predicted molar refractivity (Wildman–Crippen MR) is 137 cm³/mol. The lowest BCUT2D eigenvalue weighted by Gasteiger charge is -2.11. The van der Waals surface area contributed by atoms with Crippen molar-refractivity contribution in [2.75, 3.05) is 27.2 Å². The molecule has 0 fully saturated rings. The highest BCUT2D eigenvalue weighted by Crippen LogP contribution is 2.35. The Labute approximate surface area is 203 Å². The van der Waals surface area contributed by atoms with Crippen molar-refractivity contribution in [3.63, 3.8) is 0 Å². The minimum atomic E-state index is -0.191. The van der Waals surface area contributed by atoms with E-state index in [1.165, 1.54) is 0 Å². The topological polar surface area (TPSA) is 61.0 Å². The van der Waals surface area contributed by atoms with Crippen molar-refractivity contribution in [1.82, 2.24) is 20.2 Å². The Morgan fingerprint density at radius 3 is 2.56 bits per heavy atom. The van der Waals surface area contributed by atoms with Crippen molar-refractivity contribution < 1.29 is 4.79 Å². The Balaban J connectivity index is 0.00000289. The van der Waals surface area contributed by atoms with E-state index in [9.17, 15) is 4.79 Å². The van der Waals surface area contributed by atoms with Gasteiger partial charge in [-0.1, -0.05) is 47.5 Å². The summed E-state index contributed by atoms with van der Waals surface area (Å²) in [7, 11) is 4.03. The third-order valence-corrected chi connectivity index (χ3v) is 6.06. The number of nitrogens with zero attached hydrogens (tertiary/aromatic N) is 2. The molecule has 0 unspecified atom stereocenters. The van der Waals surface area contributed by atoms with E-state index in [4.69, 9.17) is 28.2 Å². The van der Waals surface area contributed by atoms with Gasteiger partial charge in [0.2, 0.25) is 0 Å². The maximum absolute atomic E-state index is 12.9. The molecule has 0 radical (unpaired) electrons. The number of nitrogens with one attached hydrogen (secondary N) is 2. The monoisotopic (exact) mass is 490 g/mol. The molecule has 1 amide bonds. The maximum atomic E-state index is 12.9. The molecular weight excluding hydrogens is 467 g/mol. The zero-order valence-electron chi connectivity index (χ0n) is 18.1. The summed E-state index contributed by atoms with van der Waals surface area (Å²) in [5.74, 6) is -0.191. The summed E-state index contributed by atoms with van der Waals surface area (Å²) in [4.78, 5) is 23.2. The third-order valence-electron chi connectivity index (χ3n) is 5.33. The summed E-state index contributed by atoms with van der Waals surface area (Å²) < 4.78 is 0. The number of rotatable bonds is 6. The first-order valence-corrected chi connectivity index (χ1v) is 10.9. The number of carbonyl (C=O) groups excluding carboxylic acids is 1. The molecule has 2 aromatic carbocycles. The molecular formula is C24H25Cl3N4O. The summed E-state index contributed by atoms with van der Waals surface area (Å²) in [6.45, 7) is 3.55. The van der Waals surface area contributed by atoms with Crippen LogP contribution in [-0.4, -0.2) is 48.0 Å². The van der Waals surface area contributed by atoms with Crippen LogP contribution in [0.2, 0.25) is 10.0 Å². The lowest BCUT2D eigenvalue weighted by atomic mass is 10.1. The molecule has 0 saturated heterocycles. The van der Waals surface area contributed by atoms with Gasteiger partial charge in [0.15, 0.2) is 0 Å². The fourth-order valence-electron chi connectivity index (χ4n) is 3.72. The van der Waals surface area contributed by atoms with Crippen LogP contribution in [-0.2, 0) is 0 Å². The molecule has 0 spiro atoms. The van der Waals surface area contributed by atoms with Gasteiger partial charge in [-0.2, -0.15) is 0 Å². The molecule has 0 atom stereocenters. The van der Waals surface area contributed by atoms with E-state index in [-0.39, 0.29) is 18.3 Å². The molecule has 32 heavy (non-hydrogen) atoms. The smallest absolute Gasteiger partial charge is 0.269 e. The maximum Gasteiger partial charge on any atom is 0.269 e. The number of benzene rings is 2. The Hall–Kier alpha value is -2.31. The Morgan fingerprint density at radius 1 is 1.06 bits per heavy atom. The number of hydrogen-bond donors (Lipinski definition) is 2. The Kier molecular flexibility index (Phi) is 7.67. The number of aryl methyl sites for hydroxylation is 1. The second-order valence-electron chi connectivity index (χ2n) is 7.94. The lowest BCUT2D eigenvalue weighted by Crippen LogP contribution is -2.27. The first kappa shape index (κ1) is 24.3. The SMILES string of the molecule is Cc1cccc2c1[nH]c1c(-c3ccc(Cl)c(Cl)c3)nc(C(=O)NCCCN(C)C)cc12.Cl. The molecule has 2 N–H and O–H groups in total. The molecule has 4 rings (SSSR count). The summed E-state index contributed by atoms with van der Waals surface area (Å²) in [6.07, 6.45) is 0.868. The van der Waals surface area contributed by atoms with Crippen LogP contribution in [0.1, 0.15) is 22.5 Å². The summed E-state index contributed by atoms with van der Waals surface area (Å²) in [5.41, 5.74) is 4.87. The first-order chi connectivity index (χ1) is 14.8. The van der Waals surface area contributed by atoms with Gasteiger partial charge in [-0.15, -0.1) is 12.4 Å². The van der Waals surface area contributed by atoms with Crippen LogP contribution >= 0.6 is 35.6 Å². The van der Waals surface area contributed by atoms with E-state index in [1.54, 1.807) is 12.1 Å².